The minimum atomic E-state index is 0.176. The molecule has 0 saturated carbocycles. The molecule has 1 aromatic rings. The minimum absolute atomic E-state index is 0.176. The normalized spacial score (nSPS) is 23.4. The lowest BCUT2D eigenvalue weighted by Gasteiger charge is -2.29. The molecular formula is C15H19ClN2O2. The van der Waals surface area contributed by atoms with Crippen molar-refractivity contribution in [1.29, 1.82) is 0 Å². The van der Waals surface area contributed by atoms with Gasteiger partial charge in [-0.3, -0.25) is 4.79 Å². The first-order valence-electron chi connectivity index (χ1n) is 7.07. The molecule has 0 aromatic heterocycles. The van der Waals surface area contributed by atoms with Crippen LogP contribution in [-0.2, 0) is 9.53 Å². The van der Waals surface area contributed by atoms with E-state index in [2.05, 4.69) is 17.0 Å². The van der Waals surface area contributed by atoms with Gasteiger partial charge in [0.25, 0.3) is 0 Å². The Labute approximate surface area is 124 Å². The number of carbonyl (C=O) groups excluding carboxylic acids is 1. The average Bonchev–Trinajstić information content (AvgIpc) is 2.89. The van der Waals surface area contributed by atoms with E-state index in [-0.39, 0.29) is 11.8 Å². The van der Waals surface area contributed by atoms with E-state index in [1.54, 1.807) is 0 Å². The predicted octanol–water partition coefficient (Wildman–Crippen LogP) is 2.11. The molecule has 1 unspecified atom stereocenters. The number of amides is 1. The van der Waals surface area contributed by atoms with Gasteiger partial charge in [-0.2, -0.15) is 0 Å². The maximum absolute atomic E-state index is 12.1. The van der Waals surface area contributed by atoms with Crippen molar-refractivity contribution in [2.24, 2.45) is 5.92 Å². The fraction of sp³-hybridized carbons (Fsp3) is 0.533. The van der Waals surface area contributed by atoms with Crippen molar-refractivity contribution in [3.05, 3.63) is 24.3 Å². The van der Waals surface area contributed by atoms with Crippen molar-refractivity contribution in [2.45, 2.75) is 6.42 Å². The number of carbonyl (C=O) groups is 1. The number of morpholine rings is 1. The fourth-order valence-corrected chi connectivity index (χ4v) is 3.02. The summed E-state index contributed by atoms with van der Waals surface area (Å²) in [6.45, 7) is 4.07. The van der Waals surface area contributed by atoms with Crippen molar-refractivity contribution in [1.82, 2.24) is 0 Å². The number of ether oxygens (including phenoxy) is 1. The Kier molecular flexibility index (Phi) is 4.13. The maximum Gasteiger partial charge on any atom is 0.227 e. The summed E-state index contributed by atoms with van der Waals surface area (Å²) in [5, 5.41) is 0. The average molecular weight is 295 g/mol. The van der Waals surface area contributed by atoms with Gasteiger partial charge < -0.3 is 14.5 Å². The molecule has 0 radical (unpaired) electrons. The summed E-state index contributed by atoms with van der Waals surface area (Å²) in [6, 6.07) is 8.20. The van der Waals surface area contributed by atoms with E-state index in [0.717, 1.165) is 44.2 Å². The number of halogens is 1. The minimum Gasteiger partial charge on any atom is -0.378 e. The molecule has 2 heterocycles. The van der Waals surface area contributed by atoms with Crippen molar-refractivity contribution in [3.8, 4) is 0 Å². The molecule has 1 atom stereocenters. The first kappa shape index (κ1) is 13.7. The lowest BCUT2D eigenvalue weighted by Crippen LogP contribution is -2.36. The SMILES string of the molecule is O=C1CC(CCl)CN1c1cccc(N2CCOCC2)c1. The van der Waals surface area contributed by atoms with Crippen LogP contribution in [0.2, 0.25) is 0 Å². The third-order valence-electron chi connectivity index (χ3n) is 3.94. The van der Waals surface area contributed by atoms with Gasteiger partial charge in [0.15, 0.2) is 0 Å². The molecule has 108 valence electrons. The first-order chi connectivity index (χ1) is 9.78. The molecular weight excluding hydrogens is 276 g/mol. The highest BCUT2D eigenvalue weighted by molar-refractivity contribution is 6.18. The Morgan fingerprint density at radius 3 is 2.70 bits per heavy atom. The van der Waals surface area contributed by atoms with Crippen LogP contribution in [-0.4, -0.2) is 44.6 Å². The van der Waals surface area contributed by atoms with Crippen LogP contribution >= 0.6 is 11.6 Å². The number of hydrogen-bond acceptors (Lipinski definition) is 3. The largest absolute Gasteiger partial charge is 0.378 e. The number of anilines is 2. The number of rotatable bonds is 3. The number of hydrogen-bond donors (Lipinski definition) is 0. The highest BCUT2D eigenvalue weighted by Gasteiger charge is 2.30. The van der Waals surface area contributed by atoms with Gasteiger partial charge in [0.05, 0.1) is 13.2 Å². The number of benzene rings is 1. The van der Waals surface area contributed by atoms with Gasteiger partial charge >= 0.3 is 0 Å². The molecule has 0 N–H and O–H groups in total. The third-order valence-corrected chi connectivity index (χ3v) is 4.38. The third kappa shape index (κ3) is 2.76. The van der Waals surface area contributed by atoms with E-state index in [0.29, 0.717) is 12.3 Å². The molecule has 2 aliphatic rings. The number of alkyl halides is 1. The molecule has 2 aliphatic heterocycles. The van der Waals surface area contributed by atoms with E-state index in [4.69, 9.17) is 16.3 Å². The summed E-state index contributed by atoms with van der Waals surface area (Å²) in [6.07, 6.45) is 0.561. The Morgan fingerprint density at radius 1 is 1.25 bits per heavy atom. The van der Waals surface area contributed by atoms with Crippen molar-refractivity contribution in [2.75, 3.05) is 48.5 Å². The molecule has 0 bridgehead atoms. The van der Waals surface area contributed by atoms with E-state index < -0.39 is 0 Å². The molecule has 1 aromatic carbocycles. The highest BCUT2D eigenvalue weighted by atomic mass is 35.5. The van der Waals surface area contributed by atoms with Crippen LogP contribution in [0.1, 0.15) is 6.42 Å². The summed E-state index contributed by atoms with van der Waals surface area (Å²) in [7, 11) is 0. The first-order valence-corrected chi connectivity index (χ1v) is 7.60. The Balaban J connectivity index is 1.78. The van der Waals surface area contributed by atoms with Crippen LogP contribution in [0.4, 0.5) is 11.4 Å². The Bertz CT molecular complexity index is 489. The Hall–Kier alpha value is -1.26. The van der Waals surface area contributed by atoms with E-state index >= 15 is 0 Å². The van der Waals surface area contributed by atoms with Crippen LogP contribution < -0.4 is 9.80 Å². The van der Waals surface area contributed by atoms with Gasteiger partial charge in [-0.25, -0.2) is 0 Å². The fourth-order valence-electron chi connectivity index (χ4n) is 2.81. The molecule has 2 saturated heterocycles. The summed E-state index contributed by atoms with van der Waals surface area (Å²) in [5.41, 5.74) is 2.14. The number of nitrogens with zero attached hydrogens (tertiary/aromatic N) is 2. The van der Waals surface area contributed by atoms with Gasteiger partial charge in [0.2, 0.25) is 5.91 Å². The zero-order valence-electron chi connectivity index (χ0n) is 11.4. The van der Waals surface area contributed by atoms with E-state index in [9.17, 15) is 4.79 Å². The van der Waals surface area contributed by atoms with Gasteiger partial charge in [-0.15, -0.1) is 11.6 Å². The van der Waals surface area contributed by atoms with Crippen molar-refractivity contribution in [3.63, 3.8) is 0 Å². The topological polar surface area (TPSA) is 32.8 Å². The summed E-state index contributed by atoms with van der Waals surface area (Å²) in [4.78, 5) is 16.2. The zero-order chi connectivity index (χ0) is 13.9. The summed E-state index contributed by atoms with van der Waals surface area (Å²) < 4.78 is 5.38. The zero-order valence-corrected chi connectivity index (χ0v) is 12.2. The smallest absolute Gasteiger partial charge is 0.227 e. The molecule has 5 heteroatoms. The summed E-state index contributed by atoms with van der Waals surface area (Å²) in [5.74, 6) is 0.997. The van der Waals surface area contributed by atoms with Crippen LogP contribution in [0.25, 0.3) is 0 Å². The molecule has 3 rings (SSSR count). The second-order valence-electron chi connectivity index (χ2n) is 5.35. The van der Waals surface area contributed by atoms with Gasteiger partial charge in [-0.05, 0) is 24.1 Å². The maximum atomic E-state index is 12.1. The lowest BCUT2D eigenvalue weighted by atomic mass is 10.1. The molecule has 1 amide bonds. The van der Waals surface area contributed by atoms with Crippen LogP contribution in [0, 0.1) is 5.92 Å². The molecule has 0 spiro atoms. The van der Waals surface area contributed by atoms with Crippen molar-refractivity contribution >= 4 is 28.9 Å². The Morgan fingerprint density at radius 2 is 2.00 bits per heavy atom. The van der Waals surface area contributed by atoms with Gasteiger partial charge in [-0.1, -0.05) is 6.07 Å². The van der Waals surface area contributed by atoms with Crippen LogP contribution in [0.3, 0.4) is 0 Å². The van der Waals surface area contributed by atoms with Crippen molar-refractivity contribution < 1.29 is 9.53 Å². The lowest BCUT2D eigenvalue weighted by molar-refractivity contribution is -0.117. The molecule has 4 nitrogen and oxygen atoms in total. The highest BCUT2D eigenvalue weighted by Crippen LogP contribution is 2.29. The second-order valence-corrected chi connectivity index (χ2v) is 5.66. The van der Waals surface area contributed by atoms with E-state index in [1.807, 2.05) is 17.0 Å². The van der Waals surface area contributed by atoms with Gasteiger partial charge in [0, 0.05) is 43.3 Å². The van der Waals surface area contributed by atoms with Crippen LogP contribution in [0.15, 0.2) is 24.3 Å². The monoisotopic (exact) mass is 294 g/mol. The van der Waals surface area contributed by atoms with Crippen LogP contribution in [0.5, 0.6) is 0 Å². The molecule has 2 fully saturated rings. The summed E-state index contributed by atoms with van der Waals surface area (Å²) >= 11 is 5.88. The van der Waals surface area contributed by atoms with Gasteiger partial charge in [0.1, 0.15) is 0 Å². The molecule has 0 aliphatic carbocycles. The van der Waals surface area contributed by atoms with E-state index in [1.165, 1.54) is 0 Å². The standard InChI is InChI=1S/C15H19ClN2O2/c16-10-12-8-15(19)18(11-12)14-3-1-2-13(9-14)17-4-6-20-7-5-17/h1-3,9,12H,4-8,10-11H2. The quantitative estimate of drug-likeness (QED) is 0.801. The predicted molar refractivity (Wildman–Crippen MR) is 80.7 cm³/mol. The second kappa shape index (κ2) is 6.02. The molecule has 20 heavy (non-hydrogen) atoms.